The van der Waals surface area contributed by atoms with Gasteiger partial charge in [0.15, 0.2) is 11.0 Å². The molecule has 6 nitrogen and oxygen atoms in total. The first-order valence-corrected chi connectivity index (χ1v) is 7.36. The molecular formula is C13H16N4O2S. The summed E-state index contributed by atoms with van der Waals surface area (Å²) < 4.78 is 6.87. The number of pyridine rings is 1. The molecule has 0 saturated carbocycles. The van der Waals surface area contributed by atoms with Crippen LogP contribution in [0.2, 0.25) is 0 Å². The summed E-state index contributed by atoms with van der Waals surface area (Å²) in [7, 11) is 0. The molecule has 0 aliphatic carbocycles. The Labute approximate surface area is 121 Å². The van der Waals surface area contributed by atoms with E-state index in [0.29, 0.717) is 11.8 Å². The first-order valence-electron chi connectivity index (χ1n) is 6.38. The molecule has 20 heavy (non-hydrogen) atoms. The normalized spacial score (nSPS) is 10.5. The lowest BCUT2D eigenvalue weighted by Crippen LogP contribution is -2.08. The Morgan fingerprint density at radius 2 is 2.05 bits per heavy atom. The lowest BCUT2D eigenvalue weighted by molar-refractivity contribution is -0.139. The Hall–Kier alpha value is -1.89. The Bertz CT molecular complexity index is 571. The minimum atomic E-state index is -0.242. The maximum atomic E-state index is 11.4. The minimum absolute atomic E-state index is 0.238. The van der Waals surface area contributed by atoms with E-state index in [-0.39, 0.29) is 11.7 Å². The quantitative estimate of drug-likeness (QED) is 0.599. The van der Waals surface area contributed by atoms with Gasteiger partial charge in [-0.05, 0) is 26.0 Å². The SMILES string of the molecule is CCOC(=O)CSc1nnc(-c2ccncc2)n1CC. The Balaban J connectivity index is 2.16. The fourth-order valence-corrected chi connectivity index (χ4v) is 2.52. The topological polar surface area (TPSA) is 69.9 Å². The molecule has 0 fully saturated rings. The molecule has 0 N–H and O–H groups in total. The van der Waals surface area contributed by atoms with E-state index in [0.717, 1.165) is 17.9 Å². The van der Waals surface area contributed by atoms with Crippen molar-refractivity contribution in [1.82, 2.24) is 19.7 Å². The summed E-state index contributed by atoms with van der Waals surface area (Å²) in [4.78, 5) is 15.4. The largest absolute Gasteiger partial charge is 0.465 e. The van der Waals surface area contributed by atoms with Crippen molar-refractivity contribution in [2.24, 2.45) is 0 Å². The van der Waals surface area contributed by atoms with Gasteiger partial charge in [0, 0.05) is 24.5 Å². The molecule has 106 valence electrons. The first-order chi connectivity index (χ1) is 9.76. The van der Waals surface area contributed by atoms with Gasteiger partial charge in [-0.3, -0.25) is 9.78 Å². The number of nitrogens with zero attached hydrogens (tertiary/aromatic N) is 4. The third kappa shape index (κ3) is 3.36. The summed E-state index contributed by atoms with van der Waals surface area (Å²) >= 11 is 1.33. The molecule has 0 atom stereocenters. The van der Waals surface area contributed by atoms with E-state index >= 15 is 0 Å². The minimum Gasteiger partial charge on any atom is -0.465 e. The van der Waals surface area contributed by atoms with Crippen LogP contribution in [0.15, 0.2) is 29.7 Å². The van der Waals surface area contributed by atoms with Crippen LogP contribution in [0.25, 0.3) is 11.4 Å². The monoisotopic (exact) mass is 292 g/mol. The van der Waals surface area contributed by atoms with Crippen LogP contribution in [0.3, 0.4) is 0 Å². The highest BCUT2D eigenvalue weighted by atomic mass is 32.2. The fourth-order valence-electron chi connectivity index (χ4n) is 1.72. The number of ether oxygens (including phenoxy) is 1. The van der Waals surface area contributed by atoms with Crippen molar-refractivity contribution >= 4 is 17.7 Å². The molecular weight excluding hydrogens is 276 g/mol. The molecule has 2 heterocycles. The maximum Gasteiger partial charge on any atom is 0.316 e. The number of hydrogen-bond acceptors (Lipinski definition) is 6. The van der Waals surface area contributed by atoms with Crippen LogP contribution >= 0.6 is 11.8 Å². The van der Waals surface area contributed by atoms with Crippen molar-refractivity contribution in [3.8, 4) is 11.4 Å². The van der Waals surface area contributed by atoms with Crippen molar-refractivity contribution < 1.29 is 9.53 Å². The molecule has 2 aromatic heterocycles. The van der Waals surface area contributed by atoms with E-state index < -0.39 is 0 Å². The number of esters is 1. The van der Waals surface area contributed by atoms with Crippen molar-refractivity contribution in [2.75, 3.05) is 12.4 Å². The molecule has 0 bridgehead atoms. The van der Waals surface area contributed by atoms with Gasteiger partial charge in [-0.15, -0.1) is 10.2 Å². The van der Waals surface area contributed by atoms with Gasteiger partial charge in [0.05, 0.1) is 12.4 Å². The van der Waals surface area contributed by atoms with Crippen LogP contribution in [0.1, 0.15) is 13.8 Å². The number of carbonyl (C=O) groups excluding carboxylic acids is 1. The lowest BCUT2D eigenvalue weighted by atomic mass is 10.2. The van der Waals surface area contributed by atoms with Gasteiger partial charge in [-0.2, -0.15) is 0 Å². The smallest absolute Gasteiger partial charge is 0.316 e. The summed E-state index contributed by atoms with van der Waals surface area (Å²) in [5, 5.41) is 9.05. The second-order valence-electron chi connectivity index (χ2n) is 3.88. The summed E-state index contributed by atoms with van der Waals surface area (Å²) in [6, 6.07) is 3.77. The predicted octanol–water partition coefficient (Wildman–Crippen LogP) is 2.02. The zero-order chi connectivity index (χ0) is 14.4. The van der Waals surface area contributed by atoms with E-state index in [2.05, 4.69) is 15.2 Å². The zero-order valence-electron chi connectivity index (χ0n) is 11.4. The highest BCUT2D eigenvalue weighted by molar-refractivity contribution is 7.99. The second-order valence-corrected chi connectivity index (χ2v) is 4.82. The van der Waals surface area contributed by atoms with Crippen LogP contribution in [-0.2, 0) is 16.1 Å². The van der Waals surface area contributed by atoms with Crippen molar-refractivity contribution in [3.05, 3.63) is 24.5 Å². The van der Waals surface area contributed by atoms with Crippen molar-refractivity contribution in [3.63, 3.8) is 0 Å². The van der Waals surface area contributed by atoms with Crippen LogP contribution in [-0.4, -0.2) is 38.1 Å². The zero-order valence-corrected chi connectivity index (χ0v) is 12.3. The molecule has 0 aromatic carbocycles. The van der Waals surface area contributed by atoms with Gasteiger partial charge in [0.1, 0.15) is 0 Å². The van der Waals surface area contributed by atoms with E-state index in [1.807, 2.05) is 23.6 Å². The molecule has 0 aliphatic heterocycles. The molecule has 0 saturated heterocycles. The lowest BCUT2D eigenvalue weighted by Gasteiger charge is -2.06. The van der Waals surface area contributed by atoms with Gasteiger partial charge >= 0.3 is 5.97 Å². The highest BCUT2D eigenvalue weighted by Gasteiger charge is 2.14. The van der Waals surface area contributed by atoms with Gasteiger partial charge in [-0.25, -0.2) is 0 Å². The molecule has 0 radical (unpaired) electrons. The van der Waals surface area contributed by atoms with E-state index in [9.17, 15) is 4.79 Å². The number of carbonyl (C=O) groups is 1. The van der Waals surface area contributed by atoms with Crippen LogP contribution < -0.4 is 0 Å². The van der Waals surface area contributed by atoms with Gasteiger partial charge < -0.3 is 9.30 Å². The number of aromatic nitrogens is 4. The average molecular weight is 292 g/mol. The van der Waals surface area contributed by atoms with Crippen LogP contribution in [0, 0.1) is 0 Å². The Morgan fingerprint density at radius 3 is 2.70 bits per heavy atom. The molecule has 0 aliphatic rings. The van der Waals surface area contributed by atoms with Crippen LogP contribution in [0.4, 0.5) is 0 Å². The summed E-state index contributed by atoms with van der Waals surface area (Å²) in [5.41, 5.74) is 0.956. The predicted molar refractivity (Wildman–Crippen MR) is 76.3 cm³/mol. The van der Waals surface area contributed by atoms with E-state index in [4.69, 9.17) is 4.74 Å². The van der Waals surface area contributed by atoms with E-state index in [1.165, 1.54) is 11.8 Å². The molecule has 2 rings (SSSR count). The Kier molecular flexibility index (Phi) is 5.11. The van der Waals surface area contributed by atoms with Gasteiger partial charge in [0.25, 0.3) is 0 Å². The molecule has 0 unspecified atom stereocenters. The highest BCUT2D eigenvalue weighted by Crippen LogP contribution is 2.23. The summed E-state index contributed by atoms with van der Waals surface area (Å²) in [5.74, 6) is 0.775. The summed E-state index contributed by atoms with van der Waals surface area (Å²) in [6.07, 6.45) is 3.44. The Morgan fingerprint density at radius 1 is 1.30 bits per heavy atom. The second kappa shape index (κ2) is 7.04. The van der Waals surface area contributed by atoms with Crippen molar-refractivity contribution in [2.45, 2.75) is 25.5 Å². The molecule has 0 amide bonds. The van der Waals surface area contributed by atoms with Gasteiger partial charge in [-0.1, -0.05) is 11.8 Å². The average Bonchev–Trinajstić information content (AvgIpc) is 2.89. The maximum absolute atomic E-state index is 11.4. The fraction of sp³-hybridized carbons (Fsp3) is 0.385. The molecule has 7 heteroatoms. The third-order valence-corrected chi connectivity index (χ3v) is 3.54. The van der Waals surface area contributed by atoms with Crippen molar-refractivity contribution in [1.29, 1.82) is 0 Å². The molecule has 0 spiro atoms. The van der Waals surface area contributed by atoms with E-state index in [1.54, 1.807) is 19.3 Å². The first kappa shape index (κ1) is 14.5. The summed E-state index contributed by atoms with van der Waals surface area (Å²) in [6.45, 7) is 4.93. The molecule has 2 aromatic rings. The van der Waals surface area contributed by atoms with Crippen LogP contribution in [0.5, 0.6) is 0 Å². The number of hydrogen-bond donors (Lipinski definition) is 0. The standard InChI is InChI=1S/C13H16N4O2S/c1-3-17-12(10-5-7-14-8-6-10)15-16-13(17)20-9-11(18)19-4-2/h5-8H,3-4,9H2,1-2H3. The van der Waals surface area contributed by atoms with Gasteiger partial charge in [0.2, 0.25) is 0 Å². The number of thioether (sulfide) groups is 1. The third-order valence-electron chi connectivity index (χ3n) is 2.60. The number of rotatable bonds is 6.